The first-order valence-corrected chi connectivity index (χ1v) is 9.41. The number of ether oxygens (including phenoxy) is 3. The van der Waals surface area contributed by atoms with Crippen molar-refractivity contribution in [1.82, 2.24) is 4.90 Å². The molecule has 2 amide bonds. The van der Waals surface area contributed by atoms with Crippen molar-refractivity contribution in [2.75, 3.05) is 21.3 Å². The fraction of sp³-hybridized carbons (Fsp3) is 0.211. The first-order valence-electron chi connectivity index (χ1n) is 8.21. The summed E-state index contributed by atoms with van der Waals surface area (Å²) in [6.07, 6.45) is 1.51. The van der Waals surface area contributed by atoms with Crippen molar-refractivity contribution < 1.29 is 33.0 Å². The van der Waals surface area contributed by atoms with Gasteiger partial charge in [0.15, 0.2) is 11.5 Å². The van der Waals surface area contributed by atoms with Crippen LogP contribution in [-0.2, 0) is 16.1 Å². The third-order valence-corrected chi connectivity index (χ3v) is 5.26. The zero-order valence-corrected chi connectivity index (χ0v) is 17.3. The van der Waals surface area contributed by atoms with Gasteiger partial charge in [-0.15, -0.1) is 0 Å². The summed E-state index contributed by atoms with van der Waals surface area (Å²) in [5.41, 5.74) is 0.501. The third-order valence-electron chi connectivity index (χ3n) is 4.03. The number of benzene rings is 1. The van der Waals surface area contributed by atoms with E-state index in [2.05, 4.69) is 4.74 Å². The van der Waals surface area contributed by atoms with Gasteiger partial charge in [-0.2, -0.15) is 0 Å². The SMILES string of the molecule is COC(=O)c1ccc(CN2C(=O)SC(=Cc3cc(OC)c(OC)cc3Cl)C2=O)o1. The van der Waals surface area contributed by atoms with Crippen molar-refractivity contribution in [2.24, 2.45) is 0 Å². The van der Waals surface area contributed by atoms with E-state index in [1.165, 1.54) is 39.5 Å². The van der Waals surface area contributed by atoms with Crippen molar-refractivity contribution in [1.29, 1.82) is 0 Å². The smallest absolute Gasteiger partial charge is 0.373 e. The summed E-state index contributed by atoms with van der Waals surface area (Å²) in [7, 11) is 4.19. The van der Waals surface area contributed by atoms with Gasteiger partial charge in [-0.25, -0.2) is 4.79 Å². The number of carbonyl (C=O) groups excluding carboxylic acids is 3. The van der Waals surface area contributed by atoms with Gasteiger partial charge in [-0.3, -0.25) is 14.5 Å². The van der Waals surface area contributed by atoms with E-state index in [0.717, 1.165) is 16.7 Å². The minimum Gasteiger partial charge on any atom is -0.493 e. The summed E-state index contributed by atoms with van der Waals surface area (Å²) >= 11 is 7.03. The Morgan fingerprint density at radius 3 is 2.52 bits per heavy atom. The number of imide groups is 1. The van der Waals surface area contributed by atoms with Crippen LogP contribution in [0.3, 0.4) is 0 Å². The van der Waals surface area contributed by atoms with Gasteiger partial charge in [0.05, 0.1) is 37.8 Å². The second kappa shape index (κ2) is 8.62. The molecule has 1 saturated heterocycles. The van der Waals surface area contributed by atoms with E-state index in [1.807, 2.05) is 0 Å². The molecule has 0 spiro atoms. The first-order chi connectivity index (χ1) is 13.9. The number of methoxy groups -OCH3 is 3. The highest BCUT2D eigenvalue weighted by molar-refractivity contribution is 8.18. The molecule has 29 heavy (non-hydrogen) atoms. The predicted molar refractivity (Wildman–Crippen MR) is 106 cm³/mol. The van der Waals surface area contributed by atoms with Crippen LogP contribution in [0.15, 0.2) is 33.6 Å². The maximum atomic E-state index is 12.7. The lowest BCUT2D eigenvalue weighted by Crippen LogP contribution is -2.27. The van der Waals surface area contributed by atoms with E-state index in [0.29, 0.717) is 22.1 Å². The van der Waals surface area contributed by atoms with E-state index < -0.39 is 17.1 Å². The standard InChI is InChI=1S/C19H16ClNO7S/c1-25-14-6-10(12(20)8-15(14)26-2)7-16-17(22)21(19(24)29-16)9-11-4-5-13(28-11)18(23)27-3/h4-8H,9H2,1-3H3. The Hall–Kier alpha value is -2.91. The molecule has 0 atom stereocenters. The molecule has 0 unspecified atom stereocenters. The lowest BCUT2D eigenvalue weighted by atomic mass is 10.1. The molecule has 0 N–H and O–H groups in total. The normalized spacial score (nSPS) is 15.2. The zero-order valence-electron chi connectivity index (χ0n) is 15.7. The number of rotatable bonds is 6. The monoisotopic (exact) mass is 437 g/mol. The quantitative estimate of drug-likeness (QED) is 0.494. The zero-order chi connectivity index (χ0) is 21.1. The number of halogens is 1. The Morgan fingerprint density at radius 2 is 1.86 bits per heavy atom. The molecule has 8 nitrogen and oxygen atoms in total. The van der Waals surface area contributed by atoms with Crippen LogP contribution in [0.1, 0.15) is 21.9 Å². The molecule has 0 radical (unpaired) electrons. The summed E-state index contributed by atoms with van der Waals surface area (Å²) in [4.78, 5) is 37.7. The number of hydrogen-bond acceptors (Lipinski definition) is 8. The average Bonchev–Trinajstić information content (AvgIpc) is 3.29. The van der Waals surface area contributed by atoms with Crippen LogP contribution in [-0.4, -0.2) is 43.3 Å². The van der Waals surface area contributed by atoms with E-state index in [-0.39, 0.29) is 23.0 Å². The molecule has 0 aliphatic carbocycles. The molecule has 1 aliphatic heterocycles. The molecule has 1 aromatic heterocycles. The molecule has 2 aromatic rings. The molecule has 3 rings (SSSR count). The molecule has 0 bridgehead atoms. The molecule has 1 aromatic carbocycles. The number of furan rings is 1. The highest BCUT2D eigenvalue weighted by atomic mass is 35.5. The lowest BCUT2D eigenvalue weighted by molar-refractivity contribution is -0.123. The Morgan fingerprint density at radius 1 is 1.17 bits per heavy atom. The van der Waals surface area contributed by atoms with Gasteiger partial charge >= 0.3 is 5.97 Å². The number of nitrogens with zero attached hydrogens (tertiary/aromatic N) is 1. The van der Waals surface area contributed by atoms with Gasteiger partial charge in [0, 0.05) is 6.07 Å². The second-order valence-corrected chi connectivity index (χ2v) is 7.15. The summed E-state index contributed by atoms with van der Waals surface area (Å²) in [6, 6.07) is 6.10. The molecular weight excluding hydrogens is 422 g/mol. The number of esters is 1. The Bertz CT molecular complexity index is 1010. The van der Waals surface area contributed by atoms with Gasteiger partial charge in [-0.05, 0) is 41.6 Å². The summed E-state index contributed by atoms with van der Waals surface area (Å²) in [6.45, 7) is -0.112. The highest BCUT2D eigenvalue weighted by Gasteiger charge is 2.36. The molecule has 152 valence electrons. The third kappa shape index (κ3) is 4.25. The van der Waals surface area contributed by atoms with E-state index in [4.69, 9.17) is 25.5 Å². The second-order valence-electron chi connectivity index (χ2n) is 5.75. The number of amides is 2. The van der Waals surface area contributed by atoms with Crippen LogP contribution in [0.4, 0.5) is 4.79 Å². The van der Waals surface area contributed by atoms with Crippen molar-refractivity contribution in [3.63, 3.8) is 0 Å². The average molecular weight is 438 g/mol. The summed E-state index contributed by atoms with van der Waals surface area (Å²) in [5.74, 6) is 0.00533. The summed E-state index contributed by atoms with van der Waals surface area (Å²) < 4.78 is 20.3. The minimum absolute atomic E-state index is 0.0119. The maximum Gasteiger partial charge on any atom is 0.373 e. The van der Waals surface area contributed by atoms with Crippen LogP contribution < -0.4 is 9.47 Å². The number of hydrogen-bond donors (Lipinski definition) is 0. The van der Waals surface area contributed by atoms with Crippen molar-refractivity contribution in [3.8, 4) is 11.5 Å². The minimum atomic E-state index is -0.645. The Labute approximate surface area is 175 Å². The van der Waals surface area contributed by atoms with Gasteiger partial charge < -0.3 is 18.6 Å². The predicted octanol–water partition coefficient (Wildman–Crippen LogP) is 3.97. The number of carbonyl (C=O) groups is 3. The van der Waals surface area contributed by atoms with Gasteiger partial charge in [0.1, 0.15) is 5.76 Å². The Balaban J connectivity index is 1.83. The van der Waals surface area contributed by atoms with Gasteiger partial charge in [-0.1, -0.05) is 11.6 Å². The van der Waals surface area contributed by atoms with Gasteiger partial charge in [0.2, 0.25) is 5.76 Å². The van der Waals surface area contributed by atoms with Crippen molar-refractivity contribution >= 4 is 46.6 Å². The van der Waals surface area contributed by atoms with E-state index in [9.17, 15) is 14.4 Å². The van der Waals surface area contributed by atoms with Crippen molar-refractivity contribution in [3.05, 3.63) is 51.3 Å². The number of thioether (sulfide) groups is 1. The largest absolute Gasteiger partial charge is 0.493 e. The van der Waals surface area contributed by atoms with Crippen LogP contribution in [0.5, 0.6) is 11.5 Å². The fourth-order valence-electron chi connectivity index (χ4n) is 2.59. The van der Waals surface area contributed by atoms with Crippen LogP contribution in [0.25, 0.3) is 6.08 Å². The maximum absolute atomic E-state index is 12.7. The molecule has 1 fully saturated rings. The van der Waals surface area contributed by atoms with Gasteiger partial charge in [0.25, 0.3) is 11.1 Å². The lowest BCUT2D eigenvalue weighted by Gasteiger charge is -2.11. The van der Waals surface area contributed by atoms with Crippen LogP contribution in [0, 0.1) is 0 Å². The molecule has 2 heterocycles. The molecule has 10 heteroatoms. The van der Waals surface area contributed by atoms with E-state index in [1.54, 1.807) is 12.1 Å². The van der Waals surface area contributed by atoms with E-state index >= 15 is 0 Å². The van der Waals surface area contributed by atoms with Crippen LogP contribution >= 0.6 is 23.4 Å². The Kier molecular flexibility index (Phi) is 6.19. The van der Waals surface area contributed by atoms with Crippen LogP contribution in [0.2, 0.25) is 5.02 Å². The highest BCUT2D eigenvalue weighted by Crippen LogP contribution is 2.38. The first kappa shape index (κ1) is 20.8. The fourth-order valence-corrected chi connectivity index (χ4v) is 3.62. The molecule has 1 aliphatic rings. The molecular formula is C19H16ClNO7S. The topological polar surface area (TPSA) is 95.3 Å². The summed E-state index contributed by atoms with van der Waals surface area (Å²) in [5, 5.41) is -0.128. The molecule has 0 saturated carbocycles. The van der Waals surface area contributed by atoms with Crippen molar-refractivity contribution in [2.45, 2.75) is 6.54 Å².